The van der Waals surface area contributed by atoms with E-state index in [1.165, 1.54) is 17.5 Å². The lowest BCUT2D eigenvalue weighted by Gasteiger charge is -2.03. The molecular formula is C15H21NO. The van der Waals surface area contributed by atoms with E-state index in [0.717, 1.165) is 38.3 Å². The Labute approximate surface area is 104 Å². The van der Waals surface area contributed by atoms with Gasteiger partial charge in [0, 0.05) is 12.0 Å². The lowest BCUT2D eigenvalue weighted by Crippen LogP contribution is -2.14. The molecule has 0 radical (unpaired) electrons. The first-order valence-electron chi connectivity index (χ1n) is 6.53. The van der Waals surface area contributed by atoms with Crippen LogP contribution in [0.2, 0.25) is 0 Å². The SMILES string of the molecule is CCCNCC/C=C/c1cccc2c1OCC2. The van der Waals surface area contributed by atoms with Gasteiger partial charge in [-0.15, -0.1) is 0 Å². The highest BCUT2D eigenvalue weighted by Gasteiger charge is 2.13. The topological polar surface area (TPSA) is 21.3 Å². The van der Waals surface area contributed by atoms with E-state index in [9.17, 15) is 0 Å². The fourth-order valence-electron chi connectivity index (χ4n) is 2.07. The van der Waals surface area contributed by atoms with Crippen LogP contribution in [0, 0.1) is 0 Å². The summed E-state index contributed by atoms with van der Waals surface area (Å²) >= 11 is 0. The number of hydrogen-bond acceptors (Lipinski definition) is 2. The molecule has 1 N–H and O–H groups in total. The maximum Gasteiger partial charge on any atom is 0.129 e. The van der Waals surface area contributed by atoms with E-state index in [2.05, 4.69) is 42.6 Å². The minimum absolute atomic E-state index is 0.832. The molecule has 2 heteroatoms. The lowest BCUT2D eigenvalue weighted by atomic mass is 10.1. The third kappa shape index (κ3) is 3.34. The average Bonchev–Trinajstić information content (AvgIpc) is 2.82. The summed E-state index contributed by atoms with van der Waals surface area (Å²) < 4.78 is 5.66. The first-order valence-corrected chi connectivity index (χ1v) is 6.53. The second kappa shape index (κ2) is 6.45. The Morgan fingerprint density at radius 2 is 2.29 bits per heavy atom. The van der Waals surface area contributed by atoms with Gasteiger partial charge >= 0.3 is 0 Å². The summed E-state index contributed by atoms with van der Waals surface area (Å²) in [7, 11) is 0. The van der Waals surface area contributed by atoms with E-state index >= 15 is 0 Å². The smallest absolute Gasteiger partial charge is 0.129 e. The molecule has 1 aromatic carbocycles. The molecule has 0 aliphatic carbocycles. The molecule has 0 aromatic heterocycles. The van der Waals surface area contributed by atoms with Crippen molar-refractivity contribution in [2.45, 2.75) is 26.2 Å². The van der Waals surface area contributed by atoms with Gasteiger partial charge in [0.15, 0.2) is 0 Å². The van der Waals surface area contributed by atoms with Crippen LogP contribution in [0.5, 0.6) is 5.75 Å². The Morgan fingerprint density at radius 1 is 1.35 bits per heavy atom. The number of nitrogens with one attached hydrogen (secondary N) is 1. The van der Waals surface area contributed by atoms with Crippen LogP contribution >= 0.6 is 0 Å². The van der Waals surface area contributed by atoms with Crippen molar-refractivity contribution < 1.29 is 4.74 Å². The van der Waals surface area contributed by atoms with E-state index in [1.807, 2.05) is 0 Å². The van der Waals surface area contributed by atoms with Gasteiger partial charge in [0.1, 0.15) is 5.75 Å². The third-order valence-corrected chi connectivity index (χ3v) is 2.96. The van der Waals surface area contributed by atoms with Gasteiger partial charge in [-0.2, -0.15) is 0 Å². The average molecular weight is 231 g/mol. The minimum Gasteiger partial charge on any atom is -0.492 e. The second-order valence-electron chi connectivity index (χ2n) is 4.37. The number of benzene rings is 1. The second-order valence-corrected chi connectivity index (χ2v) is 4.37. The van der Waals surface area contributed by atoms with Crippen molar-refractivity contribution in [2.75, 3.05) is 19.7 Å². The van der Waals surface area contributed by atoms with Crippen LogP contribution in [0.3, 0.4) is 0 Å². The van der Waals surface area contributed by atoms with Crippen molar-refractivity contribution in [3.05, 3.63) is 35.4 Å². The van der Waals surface area contributed by atoms with Crippen molar-refractivity contribution in [1.29, 1.82) is 0 Å². The molecule has 2 rings (SSSR count). The first kappa shape index (κ1) is 12.2. The molecule has 0 amide bonds. The van der Waals surface area contributed by atoms with Crippen LogP contribution in [-0.2, 0) is 6.42 Å². The van der Waals surface area contributed by atoms with E-state index in [0.29, 0.717) is 0 Å². The standard InChI is InChI=1S/C15H21NO/c1-2-10-16-11-4-3-6-13-7-5-8-14-9-12-17-15(13)14/h3,5-8,16H,2,4,9-12H2,1H3/b6-3+. The minimum atomic E-state index is 0.832. The summed E-state index contributed by atoms with van der Waals surface area (Å²) in [5.74, 6) is 1.09. The highest BCUT2D eigenvalue weighted by atomic mass is 16.5. The van der Waals surface area contributed by atoms with Crippen LogP contribution in [-0.4, -0.2) is 19.7 Å². The van der Waals surface area contributed by atoms with Gasteiger partial charge < -0.3 is 10.1 Å². The zero-order valence-electron chi connectivity index (χ0n) is 10.5. The molecule has 0 atom stereocenters. The molecule has 0 bridgehead atoms. The van der Waals surface area contributed by atoms with Crippen molar-refractivity contribution in [3.63, 3.8) is 0 Å². The highest BCUT2D eigenvalue weighted by molar-refractivity contribution is 5.60. The highest BCUT2D eigenvalue weighted by Crippen LogP contribution is 2.30. The lowest BCUT2D eigenvalue weighted by molar-refractivity contribution is 0.356. The fraction of sp³-hybridized carbons (Fsp3) is 0.467. The molecular weight excluding hydrogens is 210 g/mol. The van der Waals surface area contributed by atoms with Gasteiger partial charge in [0.25, 0.3) is 0 Å². The van der Waals surface area contributed by atoms with Gasteiger partial charge in [-0.1, -0.05) is 37.3 Å². The predicted molar refractivity (Wildman–Crippen MR) is 72.5 cm³/mol. The predicted octanol–water partition coefficient (Wildman–Crippen LogP) is 3.02. The Balaban J connectivity index is 1.86. The first-order chi connectivity index (χ1) is 8.42. The third-order valence-electron chi connectivity index (χ3n) is 2.96. The molecule has 0 fully saturated rings. The molecule has 1 aliphatic heterocycles. The Hall–Kier alpha value is -1.28. The van der Waals surface area contributed by atoms with Gasteiger partial charge in [-0.3, -0.25) is 0 Å². The molecule has 0 saturated heterocycles. The number of para-hydroxylation sites is 1. The summed E-state index contributed by atoms with van der Waals surface area (Å²) in [6, 6.07) is 6.39. The summed E-state index contributed by atoms with van der Waals surface area (Å²) in [4.78, 5) is 0. The molecule has 92 valence electrons. The Morgan fingerprint density at radius 3 is 3.18 bits per heavy atom. The largest absolute Gasteiger partial charge is 0.492 e. The van der Waals surface area contributed by atoms with Crippen LogP contribution in [0.15, 0.2) is 24.3 Å². The van der Waals surface area contributed by atoms with Crippen LogP contribution < -0.4 is 10.1 Å². The summed E-state index contributed by atoms with van der Waals surface area (Å²) in [5, 5.41) is 3.39. The van der Waals surface area contributed by atoms with Crippen LogP contribution in [0.25, 0.3) is 6.08 Å². The number of hydrogen-bond donors (Lipinski definition) is 1. The normalized spacial score (nSPS) is 13.9. The number of rotatable bonds is 6. The molecule has 1 heterocycles. The zero-order valence-corrected chi connectivity index (χ0v) is 10.5. The summed E-state index contributed by atoms with van der Waals surface area (Å²) in [6.45, 7) is 5.18. The van der Waals surface area contributed by atoms with E-state index in [-0.39, 0.29) is 0 Å². The molecule has 17 heavy (non-hydrogen) atoms. The van der Waals surface area contributed by atoms with Crippen molar-refractivity contribution >= 4 is 6.08 Å². The van der Waals surface area contributed by atoms with Crippen molar-refractivity contribution in [3.8, 4) is 5.75 Å². The number of ether oxygens (including phenoxy) is 1. The Bertz CT molecular complexity index is 385. The van der Waals surface area contributed by atoms with E-state index < -0.39 is 0 Å². The van der Waals surface area contributed by atoms with Gasteiger partial charge in [-0.05, 0) is 31.5 Å². The molecule has 0 unspecified atom stereocenters. The molecule has 2 nitrogen and oxygen atoms in total. The summed E-state index contributed by atoms with van der Waals surface area (Å²) in [6.07, 6.45) is 7.72. The van der Waals surface area contributed by atoms with Gasteiger partial charge in [0.05, 0.1) is 6.61 Å². The fourth-order valence-corrected chi connectivity index (χ4v) is 2.07. The summed E-state index contributed by atoms with van der Waals surface area (Å²) in [5.41, 5.74) is 2.56. The quantitative estimate of drug-likeness (QED) is 0.760. The maximum absolute atomic E-state index is 5.66. The van der Waals surface area contributed by atoms with Crippen molar-refractivity contribution in [2.24, 2.45) is 0 Å². The van der Waals surface area contributed by atoms with Crippen LogP contribution in [0.4, 0.5) is 0 Å². The van der Waals surface area contributed by atoms with Gasteiger partial charge in [0.2, 0.25) is 0 Å². The zero-order chi connectivity index (χ0) is 11.9. The van der Waals surface area contributed by atoms with Crippen LogP contribution in [0.1, 0.15) is 30.9 Å². The molecule has 0 spiro atoms. The maximum atomic E-state index is 5.66. The van der Waals surface area contributed by atoms with E-state index in [1.54, 1.807) is 0 Å². The Kier molecular flexibility index (Phi) is 4.63. The monoisotopic (exact) mass is 231 g/mol. The molecule has 1 aliphatic rings. The van der Waals surface area contributed by atoms with E-state index in [4.69, 9.17) is 4.74 Å². The van der Waals surface area contributed by atoms with Gasteiger partial charge in [-0.25, -0.2) is 0 Å². The number of fused-ring (bicyclic) bond motifs is 1. The molecule has 0 saturated carbocycles. The van der Waals surface area contributed by atoms with Crippen molar-refractivity contribution in [1.82, 2.24) is 5.32 Å². The molecule has 1 aromatic rings.